The van der Waals surface area contributed by atoms with Crippen LogP contribution in [0.5, 0.6) is 0 Å². The molecule has 7 nitrogen and oxygen atoms in total. The lowest BCUT2D eigenvalue weighted by Crippen LogP contribution is -2.26. The summed E-state index contributed by atoms with van der Waals surface area (Å²) < 4.78 is 16.4. The van der Waals surface area contributed by atoms with E-state index in [-0.39, 0.29) is 11.1 Å². The summed E-state index contributed by atoms with van der Waals surface area (Å²) in [5.74, 6) is -0.910. The van der Waals surface area contributed by atoms with Gasteiger partial charge in [0.1, 0.15) is 5.82 Å². The van der Waals surface area contributed by atoms with Gasteiger partial charge in [0.2, 0.25) is 5.43 Å². The van der Waals surface area contributed by atoms with Crippen molar-refractivity contribution < 1.29 is 9.18 Å². The van der Waals surface area contributed by atoms with Crippen molar-refractivity contribution >= 4 is 22.6 Å². The lowest BCUT2D eigenvalue weighted by molar-refractivity contribution is 0.101. The number of halogens is 1. The minimum atomic E-state index is -0.682. The van der Waals surface area contributed by atoms with Crippen LogP contribution in [0.15, 0.2) is 35.3 Å². The van der Waals surface area contributed by atoms with Gasteiger partial charge in [-0.2, -0.15) is 10.2 Å². The second-order valence-corrected chi connectivity index (χ2v) is 4.97. The van der Waals surface area contributed by atoms with Crippen LogP contribution in [0.25, 0.3) is 10.9 Å². The molecule has 2 aromatic heterocycles. The predicted molar refractivity (Wildman–Crippen MR) is 82.8 cm³/mol. The molecule has 0 spiro atoms. The Morgan fingerprint density at radius 1 is 1.30 bits per heavy atom. The molecule has 1 N–H and O–H groups in total. The Bertz CT molecular complexity index is 960. The summed E-state index contributed by atoms with van der Waals surface area (Å²) in [5.41, 5.74) is -0.482. The van der Waals surface area contributed by atoms with Crippen molar-refractivity contribution in [1.82, 2.24) is 19.6 Å². The van der Waals surface area contributed by atoms with Gasteiger partial charge in [0, 0.05) is 25.9 Å². The minimum absolute atomic E-state index is 0.103. The summed E-state index contributed by atoms with van der Waals surface area (Å²) in [6.45, 7) is 2.57. The van der Waals surface area contributed by atoms with Gasteiger partial charge < -0.3 is 5.32 Å². The van der Waals surface area contributed by atoms with E-state index in [1.807, 2.05) is 6.92 Å². The van der Waals surface area contributed by atoms with Crippen LogP contribution >= 0.6 is 0 Å². The van der Waals surface area contributed by atoms with Crippen LogP contribution in [0, 0.1) is 5.82 Å². The molecule has 0 aliphatic carbocycles. The number of fused-ring (bicyclic) bond motifs is 1. The molecule has 0 aliphatic heterocycles. The average Bonchev–Trinajstić information content (AvgIpc) is 2.98. The van der Waals surface area contributed by atoms with Gasteiger partial charge in [0.25, 0.3) is 5.91 Å². The Hall–Kier alpha value is -3.03. The average molecular weight is 315 g/mol. The van der Waals surface area contributed by atoms with E-state index in [0.717, 1.165) is 6.07 Å². The fourth-order valence-electron chi connectivity index (χ4n) is 2.28. The Balaban J connectivity index is 2.03. The molecule has 0 unspecified atom stereocenters. The highest BCUT2D eigenvalue weighted by Crippen LogP contribution is 2.12. The number of nitrogens with one attached hydrogen (secondary N) is 1. The van der Waals surface area contributed by atoms with Crippen molar-refractivity contribution in [2.24, 2.45) is 7.05 Å². The van der Waals surface area contributed by atoms with E-state index < -0.39 is 17.2 Å². The highest BCUT2D eigenvalue weighted by molar-refractivity contribution is 6.03. The quantitative estimate of drug-likeness (QED) is 0.795. The molecule has 0 aliphatic rings. The van der Waals surface area contributed by atoms with Crippen LogP contribution in [0.3, 0.4) is 0 Å². The maximum atomic E-state index is 13.4. The predicted octanol–water partition coefficient (Wildman–Crippen LogP) is 1.54. The summed E-state index contributed by atoms with van der Waals surface area (Å²) in [6.07, 6.45) is 1.71. The molecule has 23 heavy (non-hydrogen) atoms. The van der Waals surface area contributed by atoms with Gasteiger partial charge in [-0.1, -0.05) is 0 Å². The van der Waals surface area contributed by atoms with Crippen molar-refractivity contribution in [2.45, 2.75) is 13.5 Å². The first kappa shape index (κ1) is 14.9. The molecule has 3 rings (SSSR count). The number of rotatable bonds is 3. The summed E-state index contributed by atoms with van der Waals surface area (Å²) in [7, 11) is 1.59. The Morgan fingerprint density at radius 3 is 2.78 bits per heavy atom. The standard InChI is InChI=1S/C15H14FN5O2/c1-3-21-7-6-12(18-21)17-15(23)13-14(22)10-8-9(16)4-5-11(10)20(2)19-13/h4-8H,3H2,1-2H3,(H,17,18,23). The molecule has 1 aromatic carbocycles. The van der Waals surface area contributed by atoms with Crippen molar-refractivity contribution in [2.75, 3.05) is 5.32 Å². The van der Waals surface area contributed by atoms with E-state index in [4.69, 9.17) is 0 Å². The molecule has 0 bridgehead atoms. The third-order valence-electron chi connectivity index (χ3n) is 3.44. The van der Waals surface area contributed by atoms with Gasteiger partial charge in [-0.3, -0.25) is 19.0 Å². The molecule has 0 saturated heterocycles. The van der Waals surface area contributed by atoms with E-state index in [1.54, 1.807) is 24.0 Å². The van der Waals surface area contributed by atoms with Crippen LogP contribution < -0.4 is 10.7 Å². The molecule has 2 heterocycles. The monoisotopic (exact) mass is 315 g/mol. The fraction of sp³-hybridized carbons (Fsp3) is 0.200. The molecule has 0 fully saturated rings. The molecule has 0 atom stereocenters. The van der Waals surface area contributed by atoms with Crippen molar-refractivity contribution in [3.8, 4) is 0 Å². The van der Waals surface area contributed by atoms with E-state index in [1.165, 1.54) is 16.8 Å². The first-order valence-electron chi connectivity index (χ1n) is 7.01. The van der Waals surface area contributed by atoms with Gasteiger partial charge in [-0.25, -0.2) is 4.39 Å². The van der Waals surface area contributed by atoms with Gasteiger partial charge in [-0.15, -0.1) is 0 Å². The Kier molecular flexibility index (Phi) is 3.65. The Morgan fingerprint density at radius 2 is 2.09 bits per heavy atom. The van der Waals surface area contributed by atoms with E-state index in [2.05, 4.69) is 15.5 Å². The van der Waals surface area contributed by atoms with Crippen molar-refractivity contribution in [1.29, 1.82) is 0 Å². The Labute approximate surface area is 130 Å². The maximum absolute atomic E-state index is 13.4. The molecule has 3 aromatic rings. The zero-order chi connectivity index (χ0) is 16.6. The van der Waals surface area contributed by atoms with Gasteiger partial charge >= 0.3 is 0 Å². The second-order valence-electron chi connectivity index (χ2n) is 4.97. The highest BCUT2D eigenvalue weighted by Gasteiger charge is 2.18. The number of hydrogen-bond donors (Lipinski definition) is 1. The smallest absolute Gasteiger partial charge is 0.281 e. The topological polar surface area (TPSA) is 81.8 Å². The van der Waals surface area contributed by atoms with Crippen LogP contribution in [0.4, 0.5) is 10.2 Å². The molecular formula is C15H14FN5O2. The fourth-order valence-corrected chi connectivity index (χ4v) is 2.28. The number of benzene rings is 1. The van der Waals surface area contributed by atoms with Crippen LogP contribution in [0.2, 0.25) is 0 Å². The SMILES string of the molecule is CCn1ccc(NC(=O)c2nn(C)c3ccc(F)cc3c2=O)n1. The van der Waals surface area contributed by atoms with Crippen molar-refractivity contribution in [3.05, 3.63) is 52.2 Å². The second kappa shape index (κ2) is 5.64. The van der Waals surface area contributed by atoms with Crippen LogP contribution in [-0.4, -0.2) is 25.5 Å². The molecule has 1 amide bonds. The van der Waals surface area contributed by atoms with Crippen LogP contribution in [0.1, 0.15) is 17.4 Å². The molecule has 8 heteroatoms. The number of nitrogens with zero attached hydrogens (tertiary/aromatic N) is 4. The lowest BCUT2D eigenvalue weighted by Gasteiger charge is -2.07. The number of amides is 1. The van der Waals surface area contributed by atoms with E-state index in [0.29, 0.717) is 17.9 Å². The van der Waals surface area contributed by atoms with E-state index in [9.17, 15) is 14.0 Å². The number of aromatic nitrogens is 4. The number of carbonyl (C=O) groups is 1. The zero-order valence-electron chi connectivity index (χ0n) is 12.6. The lowest BCUT2D eigenvalue weighted by atomic mass is 10.2. The maximum Gasteiger partial charge on any atom is 0.281 e. The minimum Gasteiger partial charge on any atom is -0.304 e. The summed E-state index contributed by atoms with van der Waals surface area (Å²) in [5, 5.41) is 10.7. The summed E-state index contributed by atoms with van der Waals surface area (Å²) in [6, 6.07) is 5.40. The zero-order valence-corrected chi connectivity index (χ0v) is 12.6. The number of anilines is 1. The molecule has 0 radical (unpaired) electrons. The van der Waals surface area contributed by atoms with Gasteiger partial charge in [-0.05, 0) is 25.1 Å². The first-order valence-corrected chi connectivity index (χ1v) is 7.01. The van der Waals surface area contributed by atoms with E-state index >= 15 is 0 Å². The number of carbonyl (C=O) groups excluding carboxylic acids is 1. The van der Waals surface area contributed by atoms with Gasteiger partial charge in [0.15, 0.2) is 11.5 Å². The number of hydrogen-bond acceptors (Lipinski definition) is 4. The third-order valence-corrected chi connectivity index (χ3v) is 3.44. The third kappa shape index (κ3) is 2.70. The largest absolute Gasteiger partial charge is 0.304 e. The molecule has 118 valence electrons. The number of aryl methyl sites for hydroxylation is 2. The summed E-state index contributed by atoms with van der Waals surface area (Å²) >= 11 is 0. The normalized spacial score (nSPS) is 10.9. The van der Waals surface area contributed by atoms with Crippen LogP contribution in [-0.2, 0) is 13.6 Å². The highest BCUT2D eigenvalue weighted by atomic mass is 19.1. The van der Waals surface area contributed by atoms with Crippen molar-refractivity contribution in [3.63, 3.8) is 0 Å². The molecule has 0 saturated carbocycles. The van der Waals surface area contributed by atoms with Gasteiger partial charge in [0.05, 0.1) is 10.9 Å². The molecular weight excluding hydrogens is 301 g/mol. The summed E-state index contributed by atoms with van der Waals surface area (Å²) in [4.78, 5) is 24.7. The first-order chi connectivity index (χ1) is 11.0.